The van der Waals surface area contributed by atoms with Crippen molar-refractivity contribution < 1.29 is 9.47 Å². The van der Waals surface area contributed by atoms with Gasteiger partial charge in [-0.3, -0.25) is 4.99 Å². The van der Waals surface area contributed by atoms with Crippen LogP contribution in [0.2, 0.25) is 0 Å². The molecule has 1 rings (SSSR count). The molecule has 2 N–H and O–H groups in total. The molecular weight excluding hydrogens is 280 g/mol. The fraction of sp³-hybridized carbons (Fsp3) is 0.938. The molecule has 0 radical (unpaired) electrons. The van der Waals surface area contributed by atoms with Gasteiger partial charge in [0, 0.05) is 31.8 Å². The van der Waals surface area contributed by atoms with Gasteiger partial charge in [0.15, 0.2) is 5.96 Å². The zero-order valence-electron chi connectivity index (χ0n) is 14.9. The average Bonchev–Trinajstić information content (AvgIpc) is 2.97. The topological polar surface area (TPSA) is 58.1 Å². The molecule has 1 aliphatic heterocycles. The number of likely N-dealkylation sites (N-methyl/N-ethyl adjacent to an activating group) is 1. The molecule has 1 atom stereocenters. The van der Waals surface area contributed by atoms with E-state index in [2.05, 4.69) is 55.4 Å². The third-order valence-corrected chi connectivity index (χ3v) is 4.03. The van der Waals surface area contributed by atoms with Crippen molar-refractivity contribution in [1.82, 2.24) is 15.5 Å². The summed E-state index contributed by atoms with van der Waals surface area (Å²) in [6.45, 7) is 11.3. The first-order valence-electron chi connectivity index (χ1n) is 8.34. The van der Waals surface area contributed by atoms with Crippen molar-refractivity contribution in [2.45, 2.75) is 45.3 Å². The molecule has 1 saturated heterocycles. The van der Waals surface area contributed by atoms with E-state index in [9.17, 15) is 0 Å². The van der Waals surface area contributed by atoms with E-state index in [-0.39, 0.29) is 5.54 Å². The normalized spacial score (nSPS) is 19.7. The summed E-state index contributed by atoms with van der Waals surface area (Å²) in [4.78, 5) is 6.87. The van der Waals surface area contributed by atoms with E-state index < -0.39 is 0 Å². The second-order valence-electron chi connectivity index (χ2n) is 6.54. The Morgan fingerprint density at radius 2 is 2.14 bits per heavy atom. The van der Waals surface area contributed by atoms with Gasteiger partial charge in [0.25, 0.3) is 0 Å². The summed E-state index contributed by atoms with van der Waals surface area (Å²) in [5.41, 5.74) is 0.0495. The van der Waals surface area contributed by atoms with Gasteiger partial charge in [-0.05, 0) is 47.7 Å². The van der Waals surface area contributed by atoms with Crippen LogP contribution in [-0.2, 0) is 9.47 Å². The zero-order chi connectivity index (χ0) is 16.4. The molecule has 0 aromatic rings. The highest BCUT2D eigenvalue weighted by Crippen LogP contribution is 2.10. The molecule has 22 heavy (non-hydrogen) atoms. The highest BCUT2D eigenvalue weighted by molar-refractivity contribution is 5.79. The van der Waals surface area contributed by atoms with Crippen LogP contribution >= 0.6 is 0 Å². The van der Waals surface area contributed by atoms with E-state index in [1.54, 1.807) is 0 Å². The van der Waals surface area contributed by atoms with Crippen LogP contribution in [-0.4, -0.2) is 76.1 Å². The Labute approximate surface area is 135 Å². The molecule has 6 nitrogen and oxygen atoms in total. The van der Waals surface area contributed by atoms with Gasteiger partial charge in [-0.1, -0.05) is 0 Å². The summed E-state index contributed by atoms with van der Waals surface area (Å²) in [6.07, 6.45) is 2.29. The van der Waals surface area contributed by atoms with Crippen LogP contribution in [0, 0.1) is 0 Å². The number of nitrogens with zero attached hydrogens (tertiary/aromatic N) is 2. The minimum atomic E-state index is 0.0495. The van der Waals surface area contributed by atoms with Gasteiger partial charge in [0.05, 0.1) is 19.3 Å². The van der Waals surface area contributed by atoms with Gasteiger partial charge in [-0.15, -0.1) is 0 Å². The molecule has 0 amide bonds. The van der Waals surface area contributed by atoms with Gasteiger partial charge in [-0.25, -0.2) is 0 Å². The first kappa shape index (κ1) is 19.2. The van der Waals surface area contributed by atoms with Crippen molar-refractivity contribution in [2.75, 3.05) is 53.6 Å². The summed E-state index contributed by atoms with van der Waals surface area (Å²) in [5.74, 6) is 0.877. The summed E-state index contributed by atoms with van der Waals surface area (Å²) < 4.78 is 11.1. The van der Waals surface area contributed by atoms with E-state index in [0.29, 0.717) is 6.10 Å². The molecule has 0 spiro atoms. The first-order chi connectivity index (χ1) is 10.5. The first-order valence-corrected chi connectivity index (χ1v) is 8.34. The monoisotopic (exact) mass is 314 g/mol. The van der Waals surface area contributed by atoms with Crippen molar-refractivity contribution >= 4 is 5.96 Å². The molecule has 0 bridgehead atoms. The molecule has 1 fully saturated rings. The van der Waals surface area contributed by atoms with Crippen LogP contribution < -0.4 is 10.6 Å². The van der Waals surface area contributed by atoms with Crippen LogP contribution in [0.4, 0.5) is 0 Å². The van der Waals surface area contributed by atoms with Gasteiger partial charge in [0.2, 0.25) is 0 Å². The van der Waals surface area contributed by atoms with Gasteiger partial charge < -0.3 is 25.0 Å². The van der Waals surface area contributed by atoms with Crippen LogP contribution in [0.5, 0.6) is 0 Å². The van der Waals surface area contributed by atoms with Gasteiger partial charge in [-0.2, -0.15) is 0 Å². The molecule has 130 valence electrons. The van der Waals surface area contributed by atoms with Crippen LogP contribution in [0.15, 0.2) is 4.99 Å². The molecule has 1 heterocycles. The van der Waals surface area contributed by atoms with Crippen molar-refractivity contribution in [2.24, 2.45) is 4.99 Å². The number of guanidine groups is 1. The Hall–Kier alpha value is -0.850. The third-order valence-electron chi connectivity index (χ3n) is 4.03. The fourth-order valence-electron chi connectivity index (χ4n) is 1.93. The predicted molar refractivity (Wildman–Crippen MR) is 91.5 cm³/mol. The Morgan fingerprint density at radius 3 is 2.73 bits per heavy atom. The second-order valence-corrected chi connectivity index (χ2v) is 6.54. The minimum Gasteiger partial charge on any atom is -0.379 e. The van der Waals surface area contributed by atoms with Crippen LogP contribution in [0.25, 0.3) is 0 Å². The van der Waals surface area contributed by atoms with E-state index in [1.807, 2.05) is 0 Å². The van der Waals surface area contributed by atoms with Gasteiger partial charge in [0.1, 0.15) is 0 Å². The lowest BCUT2D eigenvalue weighted by atomic mass is 10.1. The quantitative estimate of drug-likeness (QED) is 0.379. The molecule has 1 aliphatic rings. The molecule has 6 heteroatoms. The number of nitrogens with one attached hydrogen (secondary N) is 2. The average molecular weight is 314 g/mol. The fourth-order valence-corrected chi connectivity index (χ4v) is 1.93. The smallest absolute Gasteiger partial charge is 0.191 e. The Kier molecular flexibility index (Phi) is 8.75. The predicted octanol–water partition coefficient (Wildman–Crippen LogP) is 1.08. The molecule has 0 saturated carbocycles. The molecular formula is C16H34N4O2. The number of hydrogen-bond donors (Lipinski definition) is 2. The van der Waals surface area contributed by atoms with Crippen LogP contribution in [0.1, 0.15) is 33.6 Å². The Balaban J connectivity index is 2.24. The van der Waals surface area contributed by atoms with E-state index in [0.717, 1.165) is 58.3 Å². The van der Waals surface area contributed by atoms with E-state index >= 15 is 0 Å². The second kappa shape index (κ2) is 10.0. The zero-order valence-corrected chi connectivity index (χ0v) is 14.9. The van der Waals surface area contributed by atoms with Gasteiger partial charge >= 0.3 is 0 Å². The standard InChI is InChI=1S/C16H34N4O2/c1-6-17-15(19-13-16(2,3)20(4)5)18-9-7-10-22-14-8-11-21-12-14/h14H,6-13H2,1-5H3,(H2,17,18,19). The molecule has 0 aromatic heterocycles. The van der Waals surface area contributed by atoms with Crippen molar-refractivity contribution in [3.63, 3.8) is 0 Å². The number of rotatable bonds is 9. The lowest BCUT2D eigenvalue weighted by molar-refractivity contribution is 0.0420. The van der Waals surface area contributed by atoms with Crippen molar-refractivity contribution in [1.29, 1.82) is 0 Å². The van der Waals surface area contributed by atoms with Crippen molar-refractivity contribution in [3.8, 4) is 0 Å². The Bertz CT molecular complexity index is 326. The number of aliphatic imine (C=N–C) groups is 1. The summed E-state index contributed by atoms with van der Waals surface area (Å²) in [5, 5.41) is 6.65. The number of hydrogen-bond acceptors (Lipinski definition) is 4. The SMILES string of the molecule is CCNC(=NCC(C)(C)N(C)C)NCCCOC1CCOC1. The third kappa shape index (κ3) is 7.42. The van der Waals surface area contributed by atoms with Crippen molar-refractivity contribution in [3.05, 3.63) is 0 Å². The molecule has 1 unspecified atom stereocenters. The summed E-state index contributed by atoms with van der Waals surface area (Å²) >= 11 is 0. The molecule has 0 aromatic carbocycles. The highest BCUT2D eigenvalue weighted by atomic mass is 16.5. The highest BCUT2D eigenvalue weighted by Gasteiger charge is 2.20. The maximum Gasteiger partial charge on any atom is 0.191 e. The Morgan fingerprint density at radius 1 is 1.36 bits per heavy atom. The molecule has 0 aliphatic carbocycles. The maximum absolute atomic E-state index is 5.76. The largest absolute Gasteiger partial charge is 0.379 e. The lowest BCUT2D eigenvalue weighted by Gasteiger charge is -2.31. The van der Waals surface area contributed by atoms with E-state index in [1.165, 1.54) is 0 Å². The minimum absolute atomic E-state index is 0.0495. The van der Waals surface area contributed by atoms with E-state index in [4.69, 9.17) is 9.47 Å². The maximum atomic E-state index is 5.76. The lowest BCUT2D eigenvalue weighted by Crippen LogP contribution is -2.44. The number of ether oxygens (including phenoxy) is 2. The summed E-state index contributed by atoms with van der Waals surface area (Å²) in [6, 6.07) is 0. The van der Waals surface area contributed by atoms with Crippen LogP contribution in [0.3, 0.4) is 0 Å². The summed E-state index contributed by atoms with van der Waals surface area (Å²) in [7, 11) is 4.17.